The molecule has 0 radical (unpaired) electrons. The van der Waals surface area contributed by atoms with E-state index in [1.165, 1.54) is 0 Å². The van der Waals surface area contributed by atoms with Gasteiger partial charge in [-0.1, -0.05) is 37.3 Å². The number of nitrogens with one attached hydrogen (secondary N) is 1. The highest BCUT2D eigenvalue weighted by atomic mass is 16.5. The second-order valence-corrected chi connectivity index (χ2v) is 5.87. The van der Waals surface area contributed by atoms with Crippen molar-refractivity contribution in [2.75, 3.05) is 20.3 Å². The number of ether oxygens (including phenoxy) is 2. The fourth-order valence-electron chi connectivity index (χ4n) is 2.44. The number of methoxy groups -OCH3 is 1. The topological polar surface area (TPSA) is 47.6 Å². The highest BCUT2D eigenvalue weighted by Gasteiger charge is 2.26. The van der Waals surface area contributed by atoms with E-state index >= 15 is 0 Å². The third kappa shape index (κ3) is 4.59. The SMILES string of the molecule is CCC(C)(NC(=O)c1ccc(OCCOC)cc1)c1ccccc1. The molecule has 0 bridgehead atoms. The summed E-state index contributed by atoms with van der Waals surface area (Å²) >= 11 is 0. The molecule has 4 nitrogen and oxygen atoms in total. The minimum Gasteiger partial charge on any atom is -0.491 e. The fourth-order valence-corrected chi connectivity index (χ4v) is 2.44. The Labute approximate surface area is 143 Å². The summed E-state index contributed by atoms with van der Waals surface area (Å²) in [6, 6.07) is 17.2. The summed E-state index contributed by atoms with van der Waals surface area (Å²) in [5, 5.41) is 3.15. The number of carbonyl (C=O) groups excluding carboxylic acids is 1. The summed E-state index contributed by atoms with van der Waals surface area (Å²) in [5.41, 5.74) is 1.32. The fraction of sp³-hybridized carbons (Fsp3) is 0.350. The smallest absolute Gasteiger partial charge is 0.251 e. The van der Waals surface area contributed by atoms with Gasteiger partial charge in [-0.25, -0.2) is 0 Å². The van der Waals surface area contributed by atoms with Gasteiger partial charge < -0.3 is 14.8 Å². The van der Waals surface area contributed by atoms with Crippen molar-refractivity contribution in [2.45, 2.75) is 25.8 Å². The molecule has 0 saturated carbocycles. The maximum Gasteiger partial charge on any atom is 0.251 e. The number of rotatable bonds is 8. The van der Waals surface area contributed by atoms with Gasteiger partial charge in [-0.3, -0.25) is 4.79 Å². The number of hydrogen-bond donors (Lipinski definition) is 1. The van der Waals surface area contributed by atoms with Gasteiger partial charge in [0.15, 0.2) is 0 Å². The van der Waals surface area contributed by atoms with Crippen LogP contribution in [0.1, 0.15) is 36.2 Å². The molecule has 1 atom stereocenters. The average molecular weight is 327 g/mol. The predicted octanol–water partition coefficient (Wildman–Crippen LogP) is 3.77. The van der Waals surface area contributed by atoms with Gasteiger partial charge in [0.25, 0.3) is 5.91 Å². The van der Waals surface area contributed by atoms with Crippen molar-refractivity contribution >= 4 is 5.91 Å². The lowest BCUT2D eigenvalue weighted by Crippen LogP contribution is -2.43. The lowest BCUT2D eigenvalue weighted by Gasteiger charge is -2.30. The van der Waals surface area contributed by atoms with Crippen molar-refractivity contribution in [3.05, 3.63) is 65.7 Å². The Morgan fingerprint density at radius 1 is 1.04 bits per heavy atom. The third-order valence-corrected chi connectivity index (χ3v) is 4.18. The van der Waals surface area contributed by atoms with Crippen LogP contribution in [0.4, 0.5) is 0 Å². The first kappa shape index (κ1) is 18.0. The monoisotopic (exact) mass is 327 g/mol. The molecule has 1 unspecified atom stereocenters. The van der Waals surface area contributed by atoms with Crippen molar-refractivity contribution in [1.82, 2.24) is 5.32 Å². The van der Waals surface area contributed by atoms with Crippen LogP contribution < -0.4 is 10.1 Å². The second kappa shape index (κ2) is 8.50. The number of amides is 1. The Bertz CT molecular complexity index is 640. The van der Waals surface area contributed by atoms with E-state index in [-0.39, 0.29) is 5.91 Å². The zero-order valence-corrected chi connectivity index (χ0v) is 14.5. The van der Waals surface area contributed by atoms with Crippen molar-refractivity contribution in [3.63, 3.8) is 0 Å². The maximum atomic E-state index is 12.6. The highest BCUT2D eigenvalue weighted by Crippen LogP contribution is 2.25. The van der Waals surface area contributed by atoms with Gasteiger partial charge in [0.2, 0.25) is 0 Å². The Morgan fingerprint density at radius 3 is 2.29 bits per heavy atom. The Balaban J connectivity index is 2.05. The Kier molecular flexibility index (Phi) is 6.38. The minimum absolute atomic E-state index is 0.0911. The van der Waals surface area contributed by atoms with Gasteiger partial charge in [0.1, 0.15) is 12.4 Å². The molecule has 1 amide bonds. The first-order chi connectivity index (χ1) is 11.6. The molecule has 24 heavy (non-hydrogen) atoms. The standard InChI is InChI=1S/C20H25NO3/c1-4-20(2,17-8-6-5-7-9-17)21-19(22)16-10-12-18(13-11-16)24-15-14-23-3/h5-13H,4,14-15H2,1-3H3,(H,21,22). The lowest BCUT2D eigenvalue weighted by atomic mass is 9.89. The molecule has 0 aliphatic heterocycles. The van der Waals surface area contributed by atoms with E-state index < -0.39 is 5.54 Å². The maximum absolute atomic E-state index is 12.6. The molecule has 2 rings (SSSR count). The van der Waals surface area contributed by atoms with Crippen LogP contribution in [0.5, 0.6) is 5.75 Å². The van der Waals surface area contributed by atoms with Crippen molar-refractivity contribution in [2.24, 2.45) is 0 Å². The molecule has 1 N–H and O–H groups in total. The molecule has 0 heterocycles. The Morgan fingerprint density at radius 2 is 1.71 bits per heavy atom. The molecule has 2 aromatic carbocycles. The summed E-state index contributed by atoms with van der Waals surface area (Å²) in [6.45, 7) is 5.14. The number of benzene rings is 2. The summed E-state index contributed by atoms with van der Waals surface area (Å²) in [5.74, 6) is 0.636. The van der Waals surface area contributed by atoms with Crippen LogP contribution >= 0.6 is 0 Å². The quantitative estimate of drug-likeness (QED) is 0.751. The molecular weight excluding hydrogens is 302 g/mol. The Hall–Kier alpha value is -2.33. The van der Waals surface area contributed by atoms with Gasteiger partial charge in [-0.2, -0.15) is 0 Å². The van der Waals surface area contributed by atoms with E-state index in [1.807, 2.05) is 37.3 Å². The zero-order valence-electron chi connectivity index (χ0n) is 14.5. The lowest BCUT2D eigenvalue weighted by molar-refractivity contribution is 0.0902. The predicted molar refractivity (Wildman–Crippen MR) is 95.4 cm³/mol. The van der Waals surface area contributed by atoms with Crippen LogP contribution in [0, 0.1) is 0 Å². The van der Waals surface area contributed by atoms with Crippen molar-refractivity contribution in [1.29, 1.82) is 0 Å². The van der Waals surface area contributed by atoms with Crippen LogP contribution in [-0.4, -0.2) is 26.2 Å². The van der Waals surface area contributed by atoms with E-state index in [9.17, 15) is 4.79 Å². The van der Waals surface area contributed by atoms with Gasteiger partial charge in [0.05, 0.1) is 12.1 Å². The van der Waals surface area contributed by atoms with Crippen molar-refractivity contribution < 1.29 is 14.3 Å². The van der Waals surface area contributed by atoms with Gasteiger partial charge in [-0.15, -0.1) is 0 Å². The molecular formula is C20H25NO3. The first-order valence-electron chi connectivity index (χ1n) is 8.19. The van der Waals surface area contributed by atoms with Crippen LogP contribution in [0.2, 0.25) is 0 Å². The summed E-state index contributed by atoms with van der Waals surface area (Å²) in [4.78, 5) is 12.6. The molecule has 0 spiro atoms. The average Bonchev–Trinajstić information content (AvgIpc) is 2.63. The largest absolute Gasteiger partial charge is 0.491 e. The summed E-state index contributed by atoms with van der Waals surface area (Å²) < 4.78 is 10.5. The molecule has 0 saturated heterocycles. The van der Waals surface area contributed by atoms with E-state index in [0.29, 0.717) is 18.8 Å². The van der Waals surface area contributed by atoms with E-state index in [0.717, 1.165) is 17.7 Å². The van der Waals surface area contributed by atoms with E-state index in [1.54, 1.807) is 31.4 Å². The third-order valence-electron chi connectivity index (χ3n) is 4.18. The van der Waals surface area contributed by atoms with Gasteiger partial charge in [0, 0.05) is 12.7 Å². The molecule has 0 fully saturated rings. The summed E-state index contributed by atoms with van der Waals surface area (Å²) in [7, 11) is 1.63. The zero-order chi connectivity index (χ0) is 17.4. The summed E-state index contributed by atoms with van der Waals surface area (Å²) in [6.07, 6.45) is 0.807. The second-order valence-electron chi connectivity index (χ2n) is 5.87. The molecule has 128 valence electrons. The first-order valence-corrected chi connectivity index (χ1v) is 8.19. The molecule has 4 heteroatoms. The van der Waals surface area contributed by atoms with Gasteiger partial charge in [-0.05, 0) is 43.2 Å². The van der Waals surface area contributed by atoms with Crippen molar-refractivity contribution in [3.8, 4) is 5.75 Å². The molecule has 2 aromatic rings. The van der Waals surface area contributed by atoms with E-state index in [4.69, 9.17) is 9.47 Å². The molecule has 0 aliphatic rings. The molecule has 0 aliphatic carbocycles. The van der Waals surface area contributed by atoms with Gasteiger partial charge >= 0.3 is 0 Å². The number of hydrogen-bond acceptors (Lipinski definition) is 3. The normalized spacial score (nSPS) is 13.1. The highest BCUT2D eigenvalue weighted by molar-refractivity contribution is 5.94. The number of carbonyl (C=O) groups is 1. The van der Waals surface area contributed by atoms with Crippen LogP contribution in [0.15, 0.2) is 54.6 Å². The van der Waals surface area contributed by atoms with E-state index in [2.05, 4.69) is 12.2 Å². The van der Waals surface area contributed by atoms with Crippen LogP contribution in [0.3, 0.4) is 0 Å². The van der Waals surface area contributed by atoms with Crippen LogP contribution in [-0.2, 0) is 10.3 Å². The minimum atomic E-state index is -0.397. The van der Waals surface area contributed by atoms with Crippen LogP contribution in [0.25, 0.3) is 0 Å². The molecule has 0 aromatic heterocycles.